The zero-order chi connectivity index (χ0) is 22.7. The summed E-state index contributed by atoms with van der Waals surface area (Å²) in [4.78, 5) is 28.4. The SMILES string of the molecule is CS(=O)(=O)CCCn1c(CN2C(=O)/C(=N/OCCF)c3cccnc32)nc2ccccc21. The van der Waals surface area contributed by atoms with E-state index in [1.807, 2.05) is 28.8 Å². The van der Waals surface area contributed by atoms with Crippen LogP contribution in [0.5, 0.6) is 0 Å². The molecule has 1 amide bonds. The molecule has 0 spiro atoms. The standard InChI is InChI=1S/C21H22FN5O4S/c1-32(29,30)13-5-11-26-17-8-3-2-7-16(17)24-18(26)14-27-20-15(6-4-10-23-20)19(21(27)28)25-31-12-9-22/h2-4,6-8,10H,5,9,11-14H2,1H3/b25-19+. The molecule has 1 aliphatic rings. The van der Waals surface area contributed by atoms with Gasteiger partial charge in [0.2, 0.25) is 0 Å². The summed E-state index contributed by atoms with van der Waals surface area (Å²) in [5.74, 6) is 0.632. The molecule has 11 heteroatoms. The number of nitrogens with zero attached hydrogens (tertiary/aromatic N) is 5. The first-order chi connectivity index (χ1) is 15.4. The monoisotopic (exact) mass is 459 g/mol. The normalized spacial score (nSPS) is 15.0. The predicted octanol–water partition coefficient (Wildman–Crippen LogP) is 2.10. The lowest BCUT2D eigenvalue weighted by Crippen LogP contribution is -2.31. The van der Waals surface area contributed by atoms with E-state index in [2.05, 4.69) is 15.1 Å². The van der Waals surface area contributed by atoms with Gasteiger partial charge in [-0.25, -0.2) is 22.8 Å². The highest BCUT2D eigenvalue weighted by Gasteiger charge is 2.36. The number of aryl methyl sites for hydroxylation is 1. The van der Waals surface area contributed by atoms with E-state index in [-0.39, 0.29) is 24.6 Å². The molecule has 3 heterocycles. The van der Waals surface area contributed by atoms with Gasteiger partial charge in [0.15, 0.2) is 5.71 Å². The maximum absolute atomic E-state index is 13.1. The van der Waals surface area contributed by atoms with Crippen molar-refractivity contribution < 1.29 is 22.4 Å². The molecule has 0 aliphatic carbocycles. The summed E-state index contributed by atoms with van der Waals surface area (Å²) in [6.07, 6.45) is 3.19. The number of hydrogen-bond acceptors (Lipinski definition) is 7. The fraction of sp³-hybridized carbons (Fsp3) is 0.333. The number of alkyl halides is 1. The number of carbonyl (C=O) groups is 1. The lowest BCUT2D eigenvalue weighted by molar-refractivity contribution is -0.112. The second-order valence-corrected chi connectivity index (χ2v) is 9.64. The maximum atomic E-state index is 13.1. The summed E-state index contributed by atoms with van der Waals surface area (Å²) in [6.45, 7) is -0.423. The number of carbonyl (C=O) groups excluding carboxylic acids is 1. The van der Waals surface area contributed by atoms with Crippen LogP contribution in [0.2, 0.25) is 0 Å². The van der Waals surface area contributed by atoms with Gasteiger partial charge in [0.25, 0.3) is 5.91 Å². The topological polar surface area (TPSA) is 107 Å². The number of para-hydroxylation sites is 2. The van der Waals surface area contributed by atoms with E-state index in [4.69, 9.17) is 4.84 Å². The van der Waals surface area contributed by atoms with Gasteiger partial charge in [-0.1, -0.05) is 17.3 Å². The summed E-state index contributed by atoms with van der Waals surface area (Å²) in [6, 6.07) is 10.9. The molecule has 0 bridgehead atoms. The third kappa shape index (κ3) is 4.47. The van der Waals surface area contributed by atoms with Crippen LogP contribution in [-0.2, 0) is 32.6 Å². The van der Waals surface area contributed by atoms with Crippen LogP contribution in [0.3, 0.4) is 0 Å². The quantitative estimate of drug-likeness (QED) is 0.358. The highest BCUT2D eigenvalue weighted by atomic mass is 32.2. The number of rotatable bonds is 9. The number of hydrogen-bond donors (Lipinski definition) is 0. The van der Waals surface area contributed by atoms with Gasteiger partial charge in [-0.2, -0.15) is 0 Å². The van der Waals surface area contributed by atoms with Crippen molar-refractivity contribution in [3.8, 4) is 0 Å². The van der Waals surface area contributed by atoms with Crippen molar-refractivity contribution in [1.29, 1.82) is 0 Å². The molecule has 0 atom stereocenters. The molecule has 2 aromatic heterocycles. The van der Waals surface area contributed by atoms with Gasteiger partial charge in [-0.3, -0.25) is 9.69 Å². The second-order valence-electron chi connectivity index (χ2n) is 7.38. The van der Waals surface area contributed by atoms with Crippen LogP contribution in [-0.4, -0.2) is 59.9 Å². The van der Waals surface area contributed by atoms with Crippen molar-refractivity contribution in [2.45, 2.75) is 19.5 Å². The number of benzene rings is 1. The molecule has 1 aromatic carbocycles. The minimum absolute atomic E-state index is 0.0503. The van der Waals surface area contributed by atoms with Crippen LogP contribution in [0.15, 0.2) is 47.8 Å². The Hall–Kier alpha value is -3.34. The summed E-state index contributed by atoms with van der Waals surface area (Å²) in [5, 5.41) is 3.82. The van der Waals surface area contributed by atoms with E-state index in [1.54, 1.807) is 18.3 Å². The van der Waals surface area contributed by atoms with Crippen LogP contribution < -0.4 is 4.90 Å². The molecule has 0 unspecified atom stereocenters. The van der Waals surface area contributed by atoms with Crippen LogP contribution in [0.4, 0.5) is 10.2 Å². The number of oxime groups is 1. The van der Waals surface area contributed by atoms with Gasteiger partial charge >= 0.3 is 0 Å². The fourth-order valence-corrected chi connectivity index (χ4v) is 4.29. The Morgan fingerprint density at radius 2 is 2.00 bits per heavy atom. The molecule has 4 rings (SSSR count). The Balaban J connectivity index is 1.68. The van der Waals surface area contributed by atoms with E-state index in [9.17, 15) is 17.6 Å². The minimum Gasteiger partial charge on any atom is -0.392 e. The Labute approximate surface area is 184 Å². The summed E-state index contributed by atoms with van der Waals surface area (Å²) >= 11 is 0. The Morgan fingerprint density at radius 1 is 1.19 bits per heavy atom. The van der Waals surface area contributed by atoms with E-state index >= 15 is 0 Å². The maximum Gasteiger partial charge on any atom is 0.282 e. The van der Waals surface area contributed by atoms with Crippen LogP contribution in [0, 0.1) is 0 Å². The number of sulfone groups is 1. The molecule has 9 nitrogen and oxygen atoms in total. The van der Waals surface area contributed by atoms with E-state index in [0.29, 0.717) is 30.2 Å². The number of anilines is 1. The molecular weight excluding hydrogens is 437 g/mol. The fourth-order valence-electron chi connectivity index (χ4n) is 3.64. The van der Waals surface area contributed by atoms with Crippen molar-refractivity contribution in [3.63, 3.8) is 0 Å². The number of fused-ring (bicyclic) bond motifs is 2. The Kier molecular flexibility index (Phi) is 6.17. The van der Waals surface area contributed by atoms with Crippen molar-refractivity contribution in [2.75, 3.05) is 30.2 Å². The number of imidazole rings is 1. The smallest absolute Gasteiger partial charge is 0.282 e. The summed E-state index contributed by atoms with van der Waals surface area (Å²) in [7, 11) is -3.10. The first-order valence-electron chi connectivity index (χ1n) is 10.0. The van der Waals surface area contributed by atoms with Crippen LogP contribution in [0.1, 0.15) is 17.8 Å². The van der Waals surface area contributed by atoms with E-state index < -0.39 is 22.4 Å². The Bertz CT molecular complexity index is 1290. The third-order valence-corrected chi connectivity index (χ3v) is 6.03. The molecule has 0 saturated heterocycles. The lowest BCUT2D eigenvalue weighted by atomic mass is 10.2. The van der Waals surface area contributed by atoms with Gasteiger partial charge in [-0.05, 0) is 30.7 Å². The zero-order valence-corrected chi connectivity index (χ0v) is 18.3. The van der Waals surface area contributed by atoms with Crippen LogP contribution >= 0.6 is 0 Å². The van der Waals surface area contributed by atoms with Crippen molar-refractivity contribution in [3.05, 3.63) is 54.0 Å². The summed E-state index contributed by atoms with van der Waals surface area (Å²) in [5.41, 5.74) is 2.15. The van der Waals surface area contributed by atoms with Crippen molar-refractivity contribution in [1.82, 2.24) is 14.5 Å². The zero-order valence-electron chi connectivity index (χ0n) is 17.4. The van der Waals surface area contributed by atoms with Crippen molar-refractivity contribution in [2.24, 2.45) is 5.16 Å². The first-order valence-corrected chi connectivity index (χ1v) is 12.1. The highest BCUT2D eigenvalue weighted by Crippen LogP contribution is 2.29. The van der Waals surface area contributed by atoms with E-state index in [0.717, 1.165) is 11.0 Å². The molecular formula is C21H22FN5O4S. The van der Waals surface area contributed by atoms with Crippen LogP contribution in [0.25, 0.3) is 11.0 Å². The number of aromatic nitrogens is 3. The van der Waals surface area contributed by atoms with Gasteiger partial charge in [0.05, 0.1) is 28.9 Å². The average Bonchev–Trinajstić information content (AvgIpc) is 3.24. The molecule has 168 valence electrons. The van der Waals surface area contributed by atoms with E-state index in [1.165, 1.54) is 11.2 Å². The molecule has 0 radical (unpaired) electrons. The molecule has 0 fully saturated rings. The molecule has 0 N–H and O–H groups in total. The Morgan fingerprint density at radius 3 is 2.78 bits per heavy atom. The lowest BCUT2D eigenvalue weighted by Gasteiger charge is -2.17. The number of amides is 1. The molecule has 32 heavy (non-hydrogen) atoms. The number of pyridine rings is 1. The average molecular weight is 460 g/mol. The highest BCUT2D eigenvalue weighted by molar-refractivity contribution is 7.90. The molecule has 1 aliphatic heterocycles. The predicted molar refractivity (Wildman–Crippen MR) is 118 cm³/mol. The summed E-state index contributed by atoms with van der Waals surface area (Å²) < 4.78 is 37.5. The largest absolute Gasteiger partial charge is 0.392 e. The second kappa shape index (κ2) is 9.03. The van der Waals surface area contributed by atoms with Gasteiger partial charge in [0, 0.05) is 19.0 Å². The molecule has 3 aromatic rings. The van der Waals surface area contributed by atoms with Crippen molar-refractivity contribution >= 4 is 38.3 Å². The molecule has 0 saturated carbocycles. The van der Waals surface area contributed by atoms with Gasteiger partial charge < -0.3 is 9.40 Å². The number of halogens is 1. The minimum atomic E-state index is -3.10. The van der Waals surface area contributed by atoms with Gasteiger partial charge in [0.1, 0.15) is 34.8 Å². The first kappa shape index (κ1) is 21.9. The van der Waals surface area contributed by atoms with Gasteiger partial charge in [-0.15, -0.1) is 0 Å². The third-order valence-electron chi connectivity index (χ3n) is 5.00.